The van der Waals surface area contributed by atoms with E-state index >= 15 is 0 Å². The molecule has 0 radical (unpaired) electrons. The van der Waals surface area contributed by atoms with E-state index in [0.717, 1.165) is 6.07 Å². The van der Waals surface area contributed by atoms with Crippen molar-refractivity contribution in [3.63, 3.8) is 0 Å². The number of para-hydroxylation sites is 1. The topological polar surface area (TPSA) is 91.8 Å². The van der Waals surface area contributed by atoms with E-state index in [-0.39, 0.29) is 23.4 Å². The van der Waals surface area contributed by atoms with Crippen molar-refractivity contribution < 1.29 is 18.0 Å². The first-order valence-corrected chi connectivity index (χ1v) is 8.09. The molecule has 1 amide bonds. The first-order chi connectivity index (χ1) is 13.3. The van der Waals surface area contributed by atoms with Gasteiger partial charge in [-0.15, -0.1) is 5.10 Å². The van der Waals surface area contributed by atoms with Gasteiger partial charge in [-0.2, -0.15) is 23.3 Å². The van der Waals surface area contributed by atoms with E-state index in [1.165, 1.54) is 31.3 Å². The minimum absolute atomic E-state index is 0.0782. The summed E-state index contributed by atoms with van der Waals surface area (Å²) in [7, 11) is 0. The van der Waals surface area contributed by atoms with Crippen LogP contribution in [0.15, 0.2) is 54.7 Å². The Balaban J connectivity index is 1.80. The summed E-state index contributed by atoms with van der Waals surface area (Å²) in [6.07, 6.45) is -3.29. The fourth-order valence-corrected chi connectivity index (χ4v) is 2.40. The number of hydrogen-bond donors (Lipinski definition) is 3. The zero-order valence-electron chi connectivity index (χ0n) is 14.6. The lowest BCUT2D eigenvalue weighted by atomic mass is 10.1. The summed E-state index contributed by atoms with van der Waals surface area (Å²) in [5.74, 6) is -0.0497. The van der Waals surface area contributed by atoms with Crippen molar-refractivity contribution in [2.24, 2.45) is 0 Å². The predicted molar refractivity (Wildman–Crippen MR) is 98.6 cm³/mol. The first kappa shape index (κ1) is 19.1. The number of carbonyl (C=O) groups excluding carboxylic acids is 1. The van der Waals surface area contributed by atoms with Crippen molar-refractivity contribution >= 4 is 34.7 Å². The molecule has 0 atom stereocenters. The van der Waals surface area contributed by atoms with Crippen LogP contribution in [0.4, 0.5) is 42.0 Å². The molecule has 0 saturated carbocycles. The lowest BCUT2D eigenvalue weighted by Gasteiger charge is -2.14. The quantitative estimate of drug-likeness (QED) is 0.602. The Labute approximate surface area is 158 Å². The Hall–Kier alpha value is -3.69. The van der Waals surface area contributed by atoms with Crippen LogP contribution in [-0.2, 0) is 11.0 Å². The third-order valence-electron chi connectivity index (χ3n) is 3.49. The number of amides is 1. The number of hydrogen-bond acceptors (Lipinski definition) is 6. The molecule has 0 saturated heterocycles. The lowest BCUT2D eigenvalue weighted by molar-refractivity contribution is -0.136. The van der Waals surface area contributed by atoms with Gasteiger partial charge in [-0.25, -0.2) is 0 Å². The van der Waals surface area contributed by atoms with Crippen molar-refractivity contribution in [1.29, 1.82) is 0 Å². The molecular weight excluding hydrogens is 373 g/mol. The Bertz CT molecular complexity index is 993. The zero-order valence-corrected chi connectivity index (χ0v) is 14.6. The van der Waals surface area contributed by atoms with Crippen LogP contribution >= 0.6 is 0 Å². The number of anilines is 5. The normalized spacial score (nSPS) is 11.0. The SMILES string of the molecule is CC(=O)Nc1cccc(Nc2nncc(Nc3ccccc3C(F)(F)F)n2)c1. The van der Waals surface area contributed by atoms with Crippen molar-refractivity contribution in [3.8, 4) is 0 Å². The highest BCUT2D eigenvalue weighted by Crippen LogP contribution is 2.35. The minimum Gasteiger partial charge on any atom is -0.338 e. The largest absolute Gasteiger partial charge is 0.418 e. The highest BCUT2D eigenvalue weighted by molar-refractivity contribution is 5.89. The van der Waals surface area contributed by atoms with Crippen LogP contribution in [0.25, 0.3) is 0 Å². The summed E-state index contributed by atoms with van der Waals surface area (Å²) >= 11 is 0. The van der Waals surface area contributed by atoms with Gasteiger partial charge in [0.2, 0.25) is 11.9 Å². The Morgan fingerprint density at radius 1 is 1.00 bits per heavy atom. The molecule has 144 valence electrons. The predicted octanol–water partition coefficient (Wildman–Crippen LogP) is 4.34. The summed E-state index contributed by atoms with van der Waals surface area (Å²) < 4.78 is 39.3. The summed E-state index contributed by atoms with van der Waals surface area (Å²) in [5.41, 5.74) is 0.181. The molecule has 0 fully saturated rings. The van der Waals surface area contributed by atoms with Crippen molar-refractivity contribution in [1.82, 2.24) is 15.2 Å². The summed E-state index contributed by atoms with van der Waals surface area (Å²) in [6.45, 7) is 1.39. The van der Waals surface area contributed by atoms with Gasteiger partial charge in [0.05, 0.1) is 17.4 Å². The summed E-state index contributed by atoms with van der Waals surface area (Å²) in [5, 5.41) is 15.7. The second-order valence-electron chi connectivity index (χ2n) is 5.72. The van der Waals surface area contributed by atoms with E-state index < -0.39 is 11.7 Å². The van der Waals surface area contributed by atoms with Gasteiger partial charge >= 0.3 is 6.18 Å². The maximum absolute atomic E-state index is 13.1. The standard InChI is InChI=1S/C18H15F3N6O/c1-11(28)23-12-5-4-6-13(9-12)24-17-26-16(10-22-27-17)25-15-8-3-2-7-14(15)18(19,20)21/h2-10H,1H3,(H,23,28)(H2,24,25,26,27). The number of rotatable bonds is 5. The van der Waals surface area contributed by atoms with Crippen molar-refractivity contribution in [2.75, 3.05) is 16.0 Å². The number of alkyl halides is 3. The second-order valence-corrected chi connectivity index (χ2v) is 5.72. The molecule has 0 spiro atoms. The first-order valence-electron chi connectivity index (χ1n) is 8.09. The summed E-state index contributed by atoms with van der Waals surface area (Å²) in [4.78, 5) is 15.3. The summed E-state index contributed by atoms with van der Waals surface area (Å²) in [6, 6.07) is 11.9. The average molecular weight is 388 g/mol. The molecule has 1 heterocycles. The van der Waals surface area contributed by atoms with E-state index in [9.17, 15) is 18.0 Å². The maximum atomic E-state index is 13.1. The van der Waals surface area contributed by atoms with Crippen LogP contribution in [0.3, 0.4) is 0 Å². The van der Waals surface area contributed by atoms with E-state index in [4.69, 9.17) is 0 Å². The Kier molecular flexibility index (Phi) is 5.39. The molecule has 3 N–H and O–H groups in total. The molecule has 0 bridgehead atoms. The second kappa shape index (κ2) is 7.91. The van der Waals surface area contributed by atoms with Crippen LogP contribution in [0.5, 0.6) is 0 Å². The van der Waals surface area contributed by atoms with Gasteiger partial charge in [0, 0.05) is 18.3 Å². The molecule has 2 aromatic carbocycles. The number of nitrogens with zero attached hydrogens (tertiary/aromatic N) is 3. The highest BCUT2D eigenvalue weighted by atomic mass is 19.4. The molecule has 0 unspecified atom stereocenters. The van der Waals surface area contributed by atoms with Gasteiger partial charge in [0.15, 0.2) is 5.82 Å². The van der Waals surface area contributed by atoms with Crippen LogP contribution < -0.4 is 16.0 Å². The fraction of sp³-hybridized carbons (Fsp3) is 0.111. The number of carbonyl (C=O) groups is 1. The van der Waals surface area contributed by atoms with Crippen LogP contribution in [-0.4, -0.2) is 21.1 Å². The molecule has 3 rings (SSSR count). The van der Waals surface area contributed by atoms with Gasteiger partial charge in [-0.1, -0.05) is 18.2 Å². The van der Waals surface area contributed by atoms with Crippen LogP contribution in [0, 0.1) is 0 Å². The Morgan fingerprint density at radius 3 is 2.50 bits per heavy atom. The average Bonchev–Trinajstić information content (AvgIpc) is 2.61. The van der Waals surface area contributed by atoms with Crippen LogP contribution in [0.1, 0.15) is 12.5 Å². The van der Waals surface area contributed by atoms with Crippen molar-refractivity contribution in [3.05, 3.63) is 60.3 Å². The van der Waals surface area contributed by atoms with Gasteiger partial charge in [-0.05, 0) is 30.3 Å². The maximum Gasteiger partial charge on any atom is 0.418 e. The molecule has 3 aromatic rings. The van der Waals surface area contributed by atoms with E-state index in [1.807, 2.05) is 0 Å². The highest BCUT2D eigenvalue weighted by Gasteiger charge is 2.33. The van der Waals surface area contributed by atoms with Gasteiger partial charge < -0.3 is 16.0 Å². The molecule has 0 aliphatic carbocycles. The number of aromatic nitrogens is 3. The molecule has 0 aliphatic rings. The van der Waals surface area contributed by atoms with Gasteiger partial charge in [0.1, 0.15) is 0 Å². The molecule has 0 aliphatic heterocycles. The van der Waals surface area contributed by atoms with E-state index in [1.54, 1.807) is 24.3 Å². The molecule has 7 nitrogen and oxygen atoms in total. The Morgan fingerprint density at radius 2 is 1.75 bits per heavy atom. The minimum atomic E-state index is -4.50. The fourth-order valence-electron chi connectivity index (χ4n) is 2.40. The smallest absolute Gasteiger partial charge is 0.338 e. The molecular formula is C18H15F3N6O. The van der Waals surface area contributed by atoms with Crippen molar-refractivity contribution in [2.45, 2.75) is 13.1 Å². The third-order valence-corrected chi connectivity index (χ3v) is 3.49. The molecule has 1 aromatic heterocycles. The van der Waals surface area contributed by atoms with Gasteiger partial charge in [-0.3, -0.25) is 4.79 Å². The van der Waals surface area contributed by atoms with Crippen LogP contribution in [0.2, 0.25) is 0 Å². The zero-order chi connectivity index (χ0) is 20.1. The molecule has 28 heavy (non-hydrogen) atoms. The number of halogens is 3. The lowest BCUT2D eigenvalue weighted by Crippen LogP contribution is -2.10. The monoisotopic (exact) mass is 388 g/mol. The third kappa shape index (κ3) is 4.93. The van der Waals surface area contributed by atoms with E-state index in [0.29, 0.717) is 11.4 Å². The number of nitrogens with one attached hydrogen (secondary N) is 3. The number of benzene rings is 2. The van der Waals surface area contributed by atoms with Gasteiger partial charge in [0.25, 0.3) is 0 Å². The molecule has 10 heteroatoms. The van der Waals surface area contributed by atoms with E-state index in [2.05, 4.69) is 31.1 Å².